The number of aromatic amines is 1. The molecule has 0 bridgehead atoms. The summed E-state index contributed by atoms with van der Waals surface area (Å²) in [4.78, 5) is 22.2. The Labute approximate surface area is 199 Å². The molecule has 1 aliphatic heterocycles. The summed E-state index contributed by atoms with van der Waals surface area (Å²) in [6, 6.07) is 11.3. The molecule has 4 aromatic rings. The van der Waals surface area contributed by atoms with E-state index in [-0.39, 0.29) is 11.4 Å². The van der Waals surface area contributed by atoms with Crippen LogP contribution in [0, 0.1) is 5.82 Å². The van der Waals surface area contributed by atoms with Crippen molar-refractivity contribution in [2.75, 3.05) is 13.1 Å². The van der Waals surface area contributed by atoms with Gasteiger partial charge in [-0.2, -0.15) is 0 Å². The number of halogens is 2. The summed E-state index contributed by atoms with van der Waals surface area (Å²) in [5.41, 5.74) is 1.13. The van der Waals surface area contributed by atoms with Gasteiger partial charge in [0, 0.05) is 10.7 Å². The van der Waals surface area contributed by atoms with Gasteiger partial charge in [0.2, 0.25) is 0 Å². The molecule has 170 valence electrons. The molecule has 1 N–H and O–H groups in total. The van der Waals surface area contributed by atoms with E-state index in [1.54, 1.807) is 30.3 Å². The third-order valence-corrected chi connectivity index (χ3v) is 6.83. The van der Waals surface area contributed by atoms with Crippen molar-refractivity contribution in [1.29, 1.82) is 0 Å². The Hall–Kier alpha value is -2.75. The van der Waals surface area contributed by atoms with Gasteiger partial charge in [0.05, 0.1) is 23.2 Å². The van der Waals surface area contributed by atoms with Crippen molar-refractivity contribution < 1.29 is 4.39 Å². The lowest BCUT2D eigenvalue weighted by Gasteiger charge is -2.26. The first-order chi connectivity index (χ1) is 16.1. The largest absolute Gasteiger partial charge is 0.309 e. The highest BCUT2D eigenvalue weighted by atomic mass is 35.5. The van der Waals surface area contributed by atoms with Gasteiger partial charge < -0.3 is 4.98 Å². The topological polar surface area (TPSA) is 79.7 Å². The lowest BCUT2D eigenvalue weighted by atomic mass is 10.1. The number of likely N-dealkylation sites (tertiary alicyclic amines) is 1. The van der Waals surface area contributed by atoms with E-state index in [1.165, 1.54) is 43.2 Å². The molecule has 2 aromatic carbocycles. The number of fused-ring (bicyclic) bond motifs is 1. The number of hydrogen-bond acceptors (Lipinski definition) is 6. The van der Waals surface area contributed by atoms with Gasteiger partial charge in [0.15, 0.2) is 11.0 Å². The van der Waals surface area contributed by atoms with Crippen molar-refractivity contribution >= 4 is 34.3 Å². The maximum Gasteiger partial charge on any atom is 0.258 e. The van der Waals surface area contributed by atoms with Crippen molar-refractivity contribution in [2.24, 2.45) is 0 Å². The Morgan fingerprint density at radius 1 is 1.06 bits per heavy atom. The van der Waals surface area contributed by atoms with Crippen LogP contribution in [0.5, 0.6) is 0 Å². The fourth-order valence-corrected chi connectivity index (χ4v) is 5.03. The van der Waals surface area contributed by atoms with E-state index in [1.807, 2.05) is 4.57 Å². The molecule has 5 rings (SSSR count). The van der Waals surface area contributed by atoms with E-state index >= 15 is 0 Å². The van der Waals surface area contributed by atoms with Gasteiger partial charge in [-0.1, -0.05) is 29.8 Å². The fraction of sp³-hybridized carbons (Fsp3) is 0.304. The lowest BCUT2D eigenvalue weighted by molar-refractivity contribution is 0.214. The molecule has 0 amide bonds. The highest BCUT2D eigenvalue weighted by Crippen LogP contribution is 2.26. The maximum atomic E-state index is 13.6. The van der Waals surface area contributed by atoms with E-state index in [9.17, 15) is 9.18 Å². The summed E-state index contributed by atoms with van der Waals surface area (Å²) in [6.07, 6.45) is 3.61. The lowest BCUT2D eigenvalue weighted by Crippen LogP contribution is -2.30. The first-order valence-corrected chi connectivity index (χ1v) is 12.2. The number of H-pyrrole nitrogens is 1. The Morgan fingerprint density at radius 2 is 1.85 bits per heavy atom. The molecule has 2 aromatic heterocycles. The molecule has 10 heteroatoms. The molecule has 1 fully saturated rings. The Kier molecular flexibility index (Phi) is 6.43. The minimum absolute atomic E-state index is 0.210. The Bertz CT molecular complexity index is 1330. The molecule has 1 aliphatic rings. The molecule has 0 spiro atoms. The number of hydrogen-bond donors (Lipinski definition) is 1. The number of nitrogens with zero attached hydrogens (tertiary/aromatic N) is 5. The van der Waals surface area contributed by atoms with E-state index in [4.69, 9.17) is 11.6 Å². The molecule has 33 heavy (non-hydrogen) atoms. The van der Waals surface area contributed by atoms with E-state index in [2.05, 4.69) is 25.1 Å². The van der Waals surface area contributed by atoms with E-state index in [0.29, 0.717) is 39.2 Å². The van der Waals surface area contributed by atoms with Crippen molar-refractivity contribution in [3.8, 4) is 5.69 Å². The summed E-state index contributed by atoms with van der Waals surface area (Å²) < 4.78 is 15.5. The van der Waals surface area contributed by atoms with Crippen LogP contribution in [0.2, 0.25) is 5.02 Å². The van der Waals surface area contributed by atoms with Crippen molar-refractivity contribution in [2.45, 2.75) is 36.7 Å². The predicted octanol–water partition coefficient (Wildman–Crippen LogP) is 4.57. The zero-order valence-electron chi connectivity index (χ0n) is 17.8. The van der Waals surface area contributed by atoms with Crippen molar-refractivity contribution in [3.63, 3.8) is 0 Å². The van der Waals surface area contributed by atoms with Gasteiger partial charge in [0.25, 0.3) is 5.56 Å². The molecular weight excluding hydrogens is 463 g/mol. The average Bonchev–Trinajstić information content (AvgIpc) is 3.21. The summed E-state index contributed by atoms with van der Waals surface area (Å²) in [7, 11) is 0. The second-order valence-electron chi connectivity index (χ2n) is 8.01. The van der Waals surface area contributed by atoms with Crippen LogP contribution in [0.1, 0.15) is 30.9 Å². The number of piperidine rings is 1. The number of rotatable bonds is 6. The summed E-state index contributed by atoms with van der Waals surface area (Å²) in [5, 5.41) is 10.5. The molecule has 7 nitrogen and oxygen atoms in total. The molecule has 1 saturated heterocycles. The number of aromatic nitrogens is 5. The van der Waals surface area contributed by atoms with Gasteiger partial charge in [-0.15, -0.1) is 10.2 Å². The van der Waals surface area contributed by atoms with Gasteiger partial charge >= 0.3 is 0 Å². The average molecular weight is 485 g/mol. The van der Waals surface area contributed by atoms with Crippen LogP contribution in [0.4, 0.5) is 4.39 Å². The van der Waals surface area contributed by atoms with E-state index < -0.39 is 0 Å². The number of thioether (sulfide) groups is 1. The monoisotopic (exact) mass is 484 g/mol. The van der Waals surface area contributed by atoms with Gasteiger partial charge in [-0.25, -0.2) is 9.37 Å². The Balaban J connectivity index is 1.44. The second kappa shape index (κ2) is 9.62. The van der Waals surface area contributed by atoms with Crippen LogP contribution in [0.15, 0.2) is 52.4 Å². The molecule has 0 aliphatic carbocycles. The summed E-state index contributed by atoms with van der Waals surface area (Å²) >= 11 is 7.48. The van der Waals surface area contributed by atoms with Crippen molar-refractivity contribution in [3.05, 3.63) is 75.3 Å². The van der Waals surface area contributed by atoms with Crippen LogP contribution in [0.3, 0.4) is 0 Å². The molecule has 0 radical (unpaired) electrons. The zero-order chi connectivity index (χ0) is 22.8. The highest BCUT2D eigenvalue weighted by molar-refractivity contribution is 7.98. The molecular formula is C23H22ClFN6OS. The van der Waals surface area contributed by atoms with Crippen LogP contribution in [0.25, 0.3) is 16.6 Å². The Morgan fingerprint density at radius 3 is 2.64 bits per heavy atom. The van der Waals surface area contributed by atoms with E-state index in [0.717, 1.165) is 24.6 Å². The van der Waals surface area contributed by atoms with Gasteiger partial charge in [-0.05, 0) is 68.4 Å². The number of benzene rings is 2. The van der Waals surface area contributed by atoms with Gasteiger partial charge in [0.1, 0.15) is 11.6 Å². The standard InChI is InChI=1S/C23H22ClFN6OS/c24-15-4-9-18-19(12-15)26-20(27-22(18)32)14-33-23-29-28-21(13-30-10-2-1-3-11-30)31(23)17-7-5-16(25)6-8-17/h4-9,12H,1-3,10-11,13-14H2,(H,26,27,32). The third-order valence-electron chi connectivity index (χ3n) is 5.65. The third kappa shape index (κ3) is 4.95. The second-order valence-corrected chi connectivity index (χ2v) is 9.39. The maximum absolute atomic E-state index is 13.6. The van der Waals surface area contributed by atoms with Gasteiger partial charge in [-0.3, -0.25) is 14.3 Å². The minimum Gasteiger partial charge on any atom is -0.309 e. The minimum atomic E-state index is -0.296. The molecule has 0 saturated carbocycles. The first kappa shape index (κ1) is 22.1. The normalized spacial score (nSPS) is 14.7. The molecule has 0 unspecified atom stereocenters. The van der Waals surface area contributed by atoms with Crippen LogP contribution >= 0.6 is 23.4 Å². The summed E-state index contributed by atoms with van der Waals surface area (Å²) in [6.45, 7) is 2.74. The number of nitrogens with one attached hydrogen (secondary N) is 1. The van der Waals surface area contributed by atoms with Crippen LogP contribution in [-0.2, 0) is 12.3 Å². The quantitative estimate of drug-likeness (QED) is 0.404. The predicted molar refractivity (Wildman–Crippen MR) is 127 cm³/mol. The van der Waals surface area contributed by atoms with Crippen molar-refractivity contribution in [1.82, 2.24) is 29.6 Å². The van der Waals surface area contributed by atoms with Crippen LogP contribution in [-0.4, -0.2) is 42.7 Å². The first-order valence-electron chi connectivity index (χ1n) is 10.8. The molecule has 0 atom stereocenters. The fourth-order valence-electron chi connectivity index (χ4n) is 4.03. The zero-order valence-corrected chi connectivity index (χ0v) is 19.4. The molecule has 3 heterocycles. The smallest absolute Gasteiger partial charge is 0.258 e. The highest BCUT2D eigenvalue weighted by Gasteiger charge is 2.19. The van der Waals surface area contributed by atoms with Crippen LogP contribution < -0.4 is 5.56 Å². The SMILES string of the molecule is O=c1[nH]c(CSc2nnc(CN3CCCCC3)n2-c2ccc(F)cc2)nc2cc(Cl)ccc12. The summed E-state index contributed by atoms with van der Waals surface area (Å²) in [5.74, 6) is 1.42.